The molecule has 1 N–H and O–H groups in total. The van der Waals surface area contributed by atoms with Crippen molar-refractivity contribution in [2.45, 2.75) is 49.5 Å². The van der Waals surface area contributed by atoms with Crippen LogP contribution in [0.1, 0.15) is 38.5 Å². The number of pyridine rings is 1. The number of sulfonamides is 1. The Morgan fingerprint density at radius 2 is 2.00 bits per heavy atom. The SMILES string of the molecule is CNc1cc(S(=O)(=O)N2CCCC2C2CCCC2)ccn1. The van der Waals surface area contributed by atoms with Crippen LogP contribution in [0.15, 0.2) is 23.2 Å². The number of nitrogens with zero attached hydrogens (tertiary/aromatic N) is 2. The standard InChI is InChI=1S/C15H23N3O2S/c1-16-15-11-13(8-9-17-15)21(19,20)18-10-4-7-14(18)12-5-2-3-6-12/h8-9,11-12,14H,2-7,10H2,1H3,(H,16,17). The van der Waals surface area contributed by atoms with Gasteiger partial charge in [-0.2, -0.15) is 4.31 Å². The molecule has 0 spiro atoms. The van der Waals surface area contributed by atoms with Gasteiger partial charge in [-0.05, 0) is 37.7 Å². The summed E-state index contributed by atoms with van der Waals surface area (Å²) in [4.78, 5) is 4.45. The Labute approximate surface area is 126 Å². The lowest BCUT2D eigenvalue weighted by Gasteiger charge is -2.28. The highest BCUT2D eigenvalue weighted by Crippen LogP contribution is 2.38. The van der Waals surface area contributed by atoms with E-state index in [2.05, 4.69) is 10.3 Å². The number of hydrogen-bond donors (Lipinski definition) is 1. The van der Waals surface area contributed by atoms with Gasteiger partial charge in [0.2, 0.25) is 10.0 Å². The third kappa shape index (κ3) is 2.79. The average molecular weight is 309 g/mol. The molecule has 2 aliphatic rings. The van der Waals surface area contributed by atoms with E-state index in [0.29, 0.717) is 23.2 Å². The number of aromatic nitrogens is 1. The first-order valence-corrected chi connectivity index (χ1v) is 9.22. The van der Waals surface area contributed by atoms with Crippen LogP contribution in [0, 0.1) is 5.92 Å². The molecule has 1 atom stereocenters. The van der Waals surface area contributed by atoms with Crippen molar-refractivity contribution in [1.82, 2.24) is 9.29 Å². The zero-order valence-corrected chi connectivity index (χ0v) is 13.3. The first-order chi connectivity index (χ1) is 10.1. The third-order valence-electron chi connectivity index (χ3n) is 4.79. The van der Waals surface area contributed by atoms with Crippen LogP contribution in [-0.2, 0) is 10.0 Å². The molecule has 1 aliphatic heterocycles. The van der Waals surface area contributed by atoms with Crippen LogP contribution in [-0.4, -0.2) is 37.3 Å². The van der Waals surface area contributed by atoms with E-state index in [9.17, 15) is 8.42 Å². The molecule has 1 unspecified atom stereocenters. The maximum absolute atomic E-state index is 12.9. The molecule has 0 bridgehead atoms. The second-order valence-electron chi connectivity index (χ2n) is 6.00. The van der Waals surface area contributed by atoms with Crippen molar-refractivity contribution in [1.29, 1.82) is 0 Å². The summed E-state index contributed by atoms with van der Waals surface area (Å²) >= 11 is 0. The molecule has 1 aliphatic carbocycles. The van der Waals surface area contributed by atoms with Gasteiger partial charge in [0, 0.05) is 31.9 Å². The minimum atomic E-state index is -3.40. The van der Waals surface area contributed by atoms with Gasteiger partial charge >= 0.3 is 0 Å². The van der Waals surface area contributed by atoms with Crippen LogP contribution in [0.2, 0.25) is 0 Å². The number of hydrogen-bond acceptors (Lipinski definition) is 4. The average Bonchev–Trinajstić information content (AvgIpc) is 3.17. The molecule has 3 rings (SSSR count). The predicted molar refractivity (Wildman–Crippen MR) is 82.7 cm³/mol. The van der Waals surface area contributed by atoms with Crippen molar-refractivity contribution in [3.8, 4) is 0 Å². The van der Waals surface area contributed by atoms with E-state index in [1.54, 1.807) is 29.7 Å². The quantitative estimate of drug-likeness (QED) is 0.928. The molecule has 21 heavy (non-hydrogen) atoms. The Balaban J connectivity index is 1.89. The van der Waals surface area contributed by atoms with E-state index in [4.69, 9.17) is 0 Å². The zero-order chi connectivity index (χ0) is 14.9. The Bertz CT molecular complexity index is 597. The minimum absolute atomic E-state index is 0.198. The van der Waals surface area contributed by atoms with Gasteiger partial charge in [-0.3, -0.25) is 0 Å². The van der Waals surface area contributed by atoms with Crippen molar-refractivity contribution in [2.75, 3.05) is 18.9 Å². The largest absolute Gasteiger partial charge is 0.373 e. The summed E-state index contributed by atoms with van der Waals surface area (Å²) in [5.74, 6) is 1.14. The van der Waals surface area contributed by atoms with Crippen LogP contribution >= 0.6 is 0 Å². The van der Waals surface area contributed by atoms with Crippen molar-refractivity contribution in [3.05, 3.63) is 18.3 Å². The monoisotopic (exact) mass is 309 g/mol. The fourth-order valence-electron chi connectivity index (χ4n) is 3.72. The molecule has 2 heterocycles. The van der Waals surface area contributed by atoms with Gasteiger partial charge in [-0.15, -0.1) is 0 Å². The zero-order valence-electron chi connectivity index (χ0n) is 12.5. The lowest BCUT2D eigenvalue weighted by Crippen LogP contribution is -2.39. The van der Waals surface area contributed by atoms with Gasteiger partial charge in [0.05, 0.1) is 4.90 Å². The summed E-state index contributed by atoms with van der Waals surface area (Å²) in [6, 6.07) is 3.42. The minimum Gasteiger partial charge on any atom is -0.373 e. The Morgan fingerprint density at radius 1 is 1.24 bits per heavy atom. The normalized spacial score (nSPS) is 24.5. The van der Waals surface area contributed by atoms with Crippen molar-refractivity contribution >= 4 is 15.8 Å². The highest BCUT2D eigenvalue weighted by molar-refractivity contribution is 7.89. The van der Waals surface area contributed by atoms with Gasteiger partial charge in [0.15, 0.2) is 0 Å². The molecule has 2 fully saturated rings. The maximum atomic E-state index is 12.9. The van der Waals surface area contributed by atoms with Gasteiger partial charge in [-0.1, -0.05) is 12.8 Å². The Morgan fingerprint density at radius 3 is 2.71 bits per heavy atom. The fourth-order valence-corrected chi connectivity index (χ4v) is 5.49. The molecular formula is C15H23N3O2S. The first-order valence-electron chi connectivity index (χ1n) is 7.78. The number of rotatable bonds is 4. The predicted octanol–water partition coefficient (Wildman–Crippen LogP) is 2.47. The van der Waals surface area contributed by atoms with Crippen LogP contribution in [0.5, 0.6) is 0 Å². The summed E-state index contributed by atoms with van der Waals surface area (Å²) < 4.78 is 27.6. The van der Waals surface area contributed by atoms with Crippen LogP contribution in [0.25, 0.3) is 0 Å². The third-order valence-corrected chi connectivity index (χ3v) is 6.71. The second-order valence-corrected chi connectivity index (χ2v) is 7.89. The smallest absolute Gasteiger partial charge is 0.243 e. The van der Waals surface area contributed by atoms with Gasteiger partial charge in [0.25, 0.3) is 0 Å². The van der Waals surface area contributed by atoms with E-state index >= 15 is 0 Å². The molecule has 0 aromatic carbocycles. The van der Waals surface area contributed by atoms with Crippen LogP contribution in [0.3, 0.4) is 0 Å². The van der Waals surface area contributed by atoms with E-state index in [0.717, 1.165) is 12.8 Å². The van der Waals surface area contributed by atoms with Crippen molar-refractivity contribution in [2.24, 2.45) is 5.92 Å². The van der Waals surface area contributed by atoms with E-state index in [1.165, 1.54) is 25.7 Å². The fraction of sp³-hybridized carbons (Fsp3) is 0.667. The lowest BCUT2D eigenvalue weighted by molar-refractivity contribution is 0.288. The first kappa shape index (κ1) is 14.8. The molecule has 0 amide bonds. The number of nitrogens with one attached hydrogen (secondary N) is 1. The summed E-state index contributed by atoms with van der Waals surface area (Å²) in [5.41, 5.74) is 0. The summed E-state index contributed by atoms with van der Waals surface area (Å²) in [5, 5.41) is 2.90. The summed E-state index contributed by atoms with van der Waals surface area (Å²) in [6.45, 7) is 0.653. The lowest BCUT2D eigenvalue weighted by atomic mass is 9.97. The maximum Gasteiger partial charge on any atom is 0.243 e. The molecule has 1 saturated heterocycles. The van der Waals surface area contributed by atoms with Gasteiger partial charge in [-0.25, -0.2) is 13.4 Å². The Kier molecular flexibility index (Phi) is 4.17. The van der Waals surface area contributed by atoms with Gasteiger partial charge in [0.1, 0.15) is 5.82 Å². The highest BCUT2D eigenvalue weighted by Gasteiger charge is 2.40. The molecular weight excluding hydrogens is 286 g/mol. The Hall–Kier alpha value is -1.14. The molecule has 116 valence electrons. The summed E-state index contributed by atoms with van der Waals surface area (Å²) in [6.07, 6.45) is 8.38. The molecule has 1 aromatic rings. The van der Waals surface area contributed by atoms with Crippen LogP contribution < -0.4 is 5.32 Å². The van der Waals surface area contributed by atoms with Crippen molar-refractivity contribution < 1.29 is 8.42 Å². The van der Waals surface area contributed by atoms with E-state index in [1.807, 2.05) is 0 Å². The summed E-state index contributed by atoms with van der Waals surface area (Å²) in [7, 11) is -1.66. The number of anilines is 1. The molecule has 1 saturated carbocycles. The highest BCUT2D eigenvalue weighted by atomic mass is 32.2. The molecule has 1 aromatic heterocycles. The molecule has 5 nitrogen and oxygen atoms in total. The van der Waals surface area contributed by atoms with Gasteiger partial charge < -0.3 is 5.32 Å². The second kappa shape index (κ2) is 5.93. The molecule has 6 heteroatoms. The van der Waals surface area contributed by atoms with E-state index < -0.39 is 10.0 Å². The van der Waals surface area contributed by atoms with Crippen molar-refractivity contribution in [3.63, 3.8) is 0 Å². The molecule has 0 radical (unpaired) electrons. The van der Waals surface area contributed by atoms with E-state index in [-0.39, 0.29) is 6.04 Å². The van der Waals surface area contributed by atoms with Crippen LogP contribution in [0.4, 0.5) is 5.82 Å². The topological polar surface area (TPSA) is 62.3 Å².